The summed E-state index contributed by atoms with van der Waals surface area (Å²) in [5.74, 6) is 0.882. The molecule has 2 aromatic carbocycles. The van der Waals surface area contributed by atoms with Crippen molar-refractivity contribution >= 4 is 29.2 Å². The molecule has 176 valence electrons. The lowest BCUT2D eigenvalue weighted by atomic mass is 9.96. The smallest absolute Gasteiger partial charge is 0.319 e. The zero-order valence-corrected chi connectivity index (χ0v) is 18.6. The maximum atomic E-state index is 12.7. The fraction of sp³-hybridized carbons (Fsp3) is 0.391. The largest absolute Gasteiger partial charge is 0.454 e. The van der Waals surface area contributed by atoms with Gasteiger partial charge in [0.1, 0.15) is 6.10 Å². The Labute approximate surface area is 196 Å². The van der Waals surface area contributed by atoms with Crippen molar-refractivity contribution < 1.29 is 28.9 Å². The van der Waals surface area contributed by atoms with Gasteiger partial charge in [0.2, 0.25) is 6.79 Å². The molecule has 2 aliphatic heterocycles. The lowest BCUT2D eigenvalue weighted by Crippen LogP contribution is -2.51. The summed E-state index contributed by atoms with van der Waals surface area (Å²) >= 11 is 5.84. The number of fused-ring (bicyclic) bond motifs is 1. The number of amides is 3. The first-order valence-corrected chi connectivity index (χ1v) is 11.2. The Hall–Kier alpha value is -3.01. The number of hydrogen-bond donors (Lipinski definition) is 4. The highest BCUT2D eigenvalue weighted by Gasteiger charge is 2.32. The van der Waals surface area contributed by atoms with Crippen molar-refractivity contribution in [2.24, 2.45) is 0 Å². The lowest BCUT2D eigenvalue weighted by Gasteiger charge is -2.36. The summed E-state index contributed by atoms with van der Waals surface area (Å²) in [6.07, 6.45) is 1.29. The van der Waals surface area contributed by atoms with E-state index in [9.17, 15) is 14.7 Å². The zero-order chi connectivity index (χ0) is 23.2. The summed E-state index contributed by atoms with van der Waals surface area (Å²) in [5, 5.41) is 18.9. The predicted molar refractivity (Wildman–Crippen MR) is 122 cm³/mol. The molecule has 2 heterocycles. The molecular weight excluding hydrogens is 450 g/mol. The summed E-state index contributed by atoms with van der Waals surface area (Å²) in [6, 6.07) is 11.2. The maximum absolute atomic E-state index is 12.7. The number of urea groups is 1. The van der Waals surface area contributed by atoms with Crippen LogP contribution in [-0.4, -0.2) is 55.2 Å². The molecule has 10 heteroatoms. The number of halogens is 1. The molecule has 0 saturated carbocycles. The highest BCUT2D eigenvalue weighted by atomic mass is 35.5. The minimum atomic E-state index is -0.524. The van der Waals surface area contributed by atoms with E-state index in [2.05, 4.69) is 16.0 Å². The number of carbonyl (C=O) groups excluding carboxylic acids is 2. The number of carbonyl (C=O) groups is 2. The number of aliphatic hydroxyl groups is 1. The molecule has 33 heavy (non-hydrogen) atoms. The molecule has 9 nitrogen and oxygen atoms in total. The van der Waals surface area contributed by atoms with E-state index in [0.29, 0.717) is 53.6 Å². The molecule has 1 saturated heterocycles. The van der Waals surface area contributed by atoms with Crippen LogP contribution in [0.3, 0.4) is 0 Å². The van der Waals surface area contributed by atoms with E-state index in [1.54, 1.807) is 42.5 Å². The summed E-state index contributed by atoms with van der Waals surface area (Å²) < 4.78 is 16.6. The molecule has 4 rings (SSSR count). The number of ether oxygens (including phenoxy) is 3. The number of hydrogen-bond acceptors (Lipinski definition) is 6. The van der Waals surface area contributed by atoms with Gasteiger partial charge in [0, 0.05) is 22.8 Å². The first kappa shape index (κ1) is 23.2. The Bertz CT molecular complexity index is 987. The van der Waals surface area contributed by atoms with Crippen LogP contribution in [-0.2, 0) is 4.74 Å². The van der Waals surface area contributed by atoms with Gasteiger partial charge in [-0.1, -0.05) is 11.6 Å². The van der Waals surface area contributed by atoms with E-state index >= 15 is 0 Å². The van der Waals surface area contributed by atoms with Crippen molar-refractivity contribution in [1.82, 2.24) is 10.6 Å². The van der Waals surface area contributed by atoms with Gasteiger partial charge in [0.05, 0.1) is 18.8 Å². The van der Waals surface area contributed by atoms with Gasteiger partial charge in [-0.05, 0) is 61.7 Å². The Morgan fingerprint density at radius 3 is 2.64 bits per heavy atom. The van der Waals surface area contributed by atoms with Gasteiger partial charge in [0.25, 0.3) is 5.91 Å². The number of aliphatic hydroxyl groups excluding tert-OH is 1. The molecule has 3 atom stereocenters. The first-order valence-electron chi connectivity index (χ1n) is 10.8. The molecule has 0 bridgehead atoms. The van der Waals surface area contributed by atoms with Crippen LogP contribution in [0.2, 0.25) is 5.02 Å². The van der Waals surface area contributed by atoms with Crippen molar-refractivity contribution in [2.75, 3.05) is 25.3 Å². The third kappa shape index (κ3) is 6.07. The van der Waals surface area contributed by atoms with E-state index in [0.717, 1.165) is 0 Å². The molecule has 1 fully saturated rings. The SMILES string of the molecule is O=C(NCC[C@@H]1CC[C@H](NC(=O)c2ccc3c(c2)OCO3)[C@@H](CO)O1)Nc1ccc(Cl)cc1. The highest BCUT2D eigenvalue weighted by molar-refractivity contribution is 6.30. The molecule has 0 radical (unpaired) electrons. The number of benzene rings is 2. The Kier molecular flexibility index (Phi) is 7.54. The van der Waals surface area contributed by atoms with Gasteiger partial charge in [-0.3, -0.25) is 4.79 Å². The minimum Gasteiger partial charge on any atom is -0.454 e. The minimum absolute atomic E-state index is 0.128. The predicted octanol–water partition coefficient (Wildman–Crippen LogP) is 2.92. The van der Waals surface area contributed by atoms with Gasteiger partial charge < -0.3 is 35.3 Å². The van der Waals surface area contributed by atoms with E-state index in [-0.39, 0.29) is 37.5 Å². The normalized spacial score (nSPS) is 21.3. The third-order valence-electron chi connectivity index (χ3n) is 5.60. The molecule has 3 amide bonds. The molecule has 0 aliphatic carbocycles. The van der Waals surface area contributed by atoms with Crippen LogP contribution in [0.15, 0.2) is 42.5 Å². The number of nitrogens with one attached hydrogen (secondary N) is 3. The van der Waals surface area contributed by atoms with Gasteiger partial charge in [-0.2, -0.15) is 0 Å². The Morgan fingerprint density at radius 2 is 1.85 bits per heavy atom. The first-order chi connectivity index (χ1) is 16.0. The van der Waals surface area contributed by atoms with E-state index < -0.39 is 6.10 Å². The van der Waals surface area contributed by atoms with Crippen molar-refractivity contribution in [3.05, 3.63) is 53.1 Å². The summed E-state index contributed by atoms with van der Waals surface area (Å²) in [4.78, 5) is 24.7. The van der Waals surface area contributed by atoms with Crippen LogP contribution in [0.5, 0.6) is 11.5 Å². The van der Waals surface area contributed by atoms with Gasteiger partial charge in [0.15, 0.2) is 11.5 Å². The second-order valence-electron chi connectivity index (χ2n) is 7.88. The van der Waals surface area contributed by atoms with Crippen LogP contribution in [0, 0.1) is 0 Å². The molecule has 2 aromatic rings. The average Bonchev–Trinajstić information content (AvgIpc) is 3.29. The molecule has 0 spiro atoms. The summed E-state index contributed by atoms with van der Waals surface area (Å²) in [6.45, 7) is 0.339. The van der Waals surface area contributed by atoms with Gasteiger partial charge >= 0.3 is 6.03 Å². The molecule has 2 aliphatic rings. The zero-order valence-electron chi connectivity index (χ0n) is 17.9. The van der Waals surface area contributed by atoms with E-state index in [1.165, 1.54) is 0 Å². The van der Waals surface area contributed by atoms with Crippen LogP contribution in [0.1, 0.15) is 29.6 Å². The molecular formula is C23H26ClN3O6. The van der Waals surface area contributed by atoms with Crippen LogP contribution in [0.4, 0.5) is 10.5 Å². The molecule has 0 unspecified atom stereocenters. The Balaban J connectivity index is 1.21. The van der Waals surface area contributed by atoms with Gasteiger partial charge in [-0.25, -0.2) is 4.79 Å². The monoisotopic (exact) mass is 475 g/mol. The molecule has 4 N–H and O–H groups in total. The van der Waals surface area contributed by atoms with Crippen molar-refractivity contribution in [1.29, 1.82) is 0 Å². The second kappa shape index (κ2) is 10.7. The van der Waals surface area contributed by atoms with Crippen molar-refractivity contribution in [2.45, 2.75) is 37.5 Å². The van der Waals surface area contributed by atoms with Crippen LogP contribution < -0.4 is 25.4 Å². The fourth-order valence-corrected chi connectivity index (χ4v) is 3.98. The van der Waals surface area contributed by atoms with Crippen LogP contribution >= 0.6 is 11.6 Å². The van der Waals surface area contributed by atoms with Gasteiger partial charge in [-0.15, -0.1) is 0 Å². The van der Waals surface area contributed by atoms with E-state index in [1.807, 2.05) is 0 Å². The average molecular weight is 476 g/mol. The van der Waals surface area contributed by atoms with Crippen molar-refractivity contribution in [3.63, 3.8) is 0 Å². The highest BCUT2D eigenvalue weighted by Crippen LogP contribution is 2.32. The Morgan fingerprint density at radius 1 is 1.06 bits per heavy atom. The topological polar surface area (TPSA) is 118 Å². The van der Waals surface area contributed by atoms with Crippen molar-refractivity contribution in [3.8, 4) is 11.5 Å². The second-order valence-corrected chi connectivity index (χ2v) is 8.32. The number of rotatable bonds is 7. The quantitative estimate of drug-likeness (QED) is 0.489. The van der Waals surface area contributed by atoms with Crippen LogP contribution in [0.25, 0.3) is 0 Å². The van der Waals surface area contributed by atoms with E-state index in [4.69, 9.17) is 25.8 Å². The molecule has 0 aromatic heterocycles. The summed E-state index contributed by atoms with van der Waals surface area (Å²) in [7, 11) is 0. The lowest BCUT2D eigenvalue weighted by molar-refractivity contribution is -0.0892. The number of anilines is 1. The third-order valence-corrected chi connectivity index (χ3v) is 5.85. The maximum Gasteiger partial charge on any atom is 0.319 e. The summed E-state index contributed by atoms with van der Waals surface area (Å²) in [5.41, 5.74) is 1.10. The fourth-order valence-electron chi connectivity index (χ4n) is 3.85. The standard InChI is InChI=1S/C23H26ClN3O6/c24-15-2-4-16(5-3-15)26-23(30)25-10-9-17-6-7-18(21(12-28)33-17)27-22(29)14-1-8-19-20(11-14)32-13-31-19/h1-5,8,11,17-18,21,28H,6-7,9-10,12-13H2,(H,27,29)(H2,25,26,30)/t17-,18-,21+/m0/s1.